The lowest BCUT2D eigenvalue weighted by Gasteiger charge is -2.24. The molecule has 0 N–H and O–H groups in total. The van der Waals surface area contributed by atoms with Crippen LogP contribution in [0, 0.1) is 0 Å². The second-order valence-electron chi connectivity index (χ2n) is 6.98. The highest BCUT2D eigenvalue weighted by Gasteiger charge is 2.18. The summed E-state index contributed by atoms with van der Waals surface area (Å²) in [5.41, 5.74) is 5.31. The fourth-order valence-corrected chi connectivity index (χ4v) is 3.59. The van der Waals surface area contributed by atoms with Crippen molar-refractivity contribution >= 4 is 12.4 Å². The first-order valence-electron chi connectivity index (χ1n) is 9.98. The van der Waals surface area contributed by atoms with E-state index in [1.165, 1.54) is 11.1 Å². The van der Waals surface area contributed by atoms with Gasteiger partial charge in [-0.2, -0.15) is 0 Å². The largest absolute Gasteiger partial charge is 0.496 e. The van der Waals surface area contributed by atoms with Crippen LogP contribution in [-0.2, 0) is 17.6 Å². The van der Waals surface area contributed by atoms with Gasteiger partial charge in [-0.3, -0.25) is 4.79 Å². The predicted octanol–water partition coefficient (Wildman–Crippen LogP) is 6.08. The molecule has 2 aromatic carbocycles. The summed E-state index contributed by atoms with van der Waals surface area (Å²) in [6, 6.07) is 12.2. The summed E-state index contributed by atoms with van der Waals surface area (Å²) in [5.74, 6) is 1.82. The molecule has 3 heteroatoms. The second kappa shape index (κ2) is 9.41. The molecule has 0 fully saturated rings. The van der Waals surface area contributed by atoms with Crippen molar-refractivity contribution in [1.29, 1.82) is 0 Å². The average molecular weight is 376 g/mol. The van der Waals surface area contributed by atoms with Crippen molar-refractivity contribution in [3.63, 3.8) is 0 Å². The minimum atomic E-state index is 0.0597. The fourth-order valence-electron chi connectivity index (χ4n) is 3.59. The van der Waals surface area contributed by atoms with Crippen LogP contribution in [0.2, 0.25) is 0 Å². The maximum Gasteiger partial charge on any atom is 0.150 e. The molecule has 146 valence electrons. The number of hydrogen-bond acceptors (Lipinski definition) is 3. The number of hydrogen-bond donors (Lipinski definition) is 0. The third kappa shape index (κ3) is 4.53. The lowest BCUT2D eigenvalue weighted by atomic mass is 9.98. The van der Waals surface area contributed by atoms with Gasteiger partial charge in [0.15, 0.2) is 0 Å². The van der Waals surface area contributed by atoms with Crippen molar-refractivity contribution in [2.45, 2.75) is 45.6 Å². The number of benzene rings is 2. The molecule has 0 amide bonds. The van der Waals surface area contributed by atoms with Gasteiger partial charge in [0, 0.05) is 5.56 Å². The summed E-state index contributed by atoms with van der Waals surface area (Å²) in [7, 11) is 1.71. The zero-order valence-corrected chi connectivity index (χ0v) is 16.9. The van der Waals surface area contributed by atoms with E-state index in [1.54, 1.807) is 7.11 Å². The van der Waals surface area contributed by atoms with Gasteiger partial charge in [-0.1, -0.05) is 44.2 Å². The van der Waals surface area contributed by atoms with Gasteiger partial charge in [0.05, 0.1) is 7.11 Å². The van der Waals surface area contributed by atoms with Gasteiger partial charge in [-0.05, 0) is 72.2 Å². The number of methoxy groups -OCH3 is 1. The Kier molecular flexibility index (Phi) is 6.70. The number of allylic oxidation sites excluding steroid dienone is 2. The van der Waals surface area contributed by atoms with Crippen molar-refractivity contribution in [1.82, 2.24) is 0 Å². The van der Waals surface area contributed by atoms with Crippen LogP contribution >= 0.6 is 0 Å². The van der Waals surface area contributed by atoms with Gasteiger partial charge >= 0.3 is 0 Å². The van der Waals surface area contributed by atoms with Crippen LogP contribution in [0.1, 0.15) is 65.4 Å². The Morgan fingerprint density at radius 1 is 1.07 bits per heavy atom. The molecule has 1 atom stereocenters. The maximum absolute atomic E-state index is 11.1. The summed E-state index contributed by atoms with van der Waals surface area (Å²) in [4.78, 5) is 11.1. The van der Waals surface area contributed by atoms with Crippen molar-refractivity contribution in [2.24, 2.45) is 0 Å². The third-order valence-corrected chi connectivity index (χ3v) is 5.22. The number of carbonyl (C=O) groups is 1. The van der Waals surface area contributed by atoms with Crippen molar-refractivity contribution in [2.75, 3.05) is 7.11 Å². The molecule has 1 aliphatic rings. The molecule has 3 rings (SSSR count). The monoisotopic (exact) mass is 376 g/mol. The number of aryl methyl sites for hydroxylation is 2. The van der Waals surface area contributed by atoms with E-state index in [-0.39, 0.29) is 6.10 Å². The van der Waals surface area contributed by atoms with E-state index in [9.17, 15) is 4.79 Å². The summed E-state index contributed by atoms with van der Waals surface area (Å²) in [6.45, 7) is 4.20. The Morgan fingerprint density at radius 2 is 1.89 bits per heavy atom. The summed E-state index contributed by atoms with van der Waals surface area (Å²) in [5, 5.41) is 0. The van der Waals surface area contributed by atoms with Crippen LogP contribution in [0.15, 0.2) is 54.3 Å². The lowest BCUT2D eigenvalue weighted by Crippen LogP contribution is -2.08. The van der Waals surface area contributed by atoms with Crippen molar-refractivity contribution in [3.05, 3.63) is 82.1 Å². The first-order valence-corrected chi connectivity index (χ1v) is 9.98. The molecular formula is C25H28O3. The topological polar surface area (TPSA) is 35.5 Å². The first kappa shape index (κ1) is 19.9. The standard InChI is InChI=1S/C25H28O3/c1-4-19-15-18(9-11-22(19)17-26)10-13-23-7-6-8-25(28-23)21-12-14-24(27-3)20(5-2)16-21/h7,9-17,25H,4-6,8H2,1-3H3. The van der Waals surface area contributed by atoms with Crippen molar-refractivity contribution < 1.29 is 14.3 Å². The maximum atomic E-state index is 11.1. The molecule has 3 nitrogen and oxygen atoms in total. The first-order chi connectivity index (χ1) is 13.7. The van der Waals surface area contributed by atoms with Crippen LogP contribution in [0.25, 0.3) is 6.08 Å². The minimum Gasteiger partial charge on any atom is -0.496 e. The smallest absolute Gasteiger partial charge is 0.150 e. The van der Waals surface area contributed by atoms with Crippen LogP contribution < -0.4 is 4.74 Å². The van der Waals surface area contributed by atoms with E-state index < -0.39 is 0 Å². The number of rotatable bonds is 7. The number of ether oxygens (including phenoxy) is 2. The Hall–Kier alpha value is -2.81. The van der Waals surface area contributed by atoms with E-state index in [0.717, 1.165) is 60.2 Å². The molecule has 0 radical (unpaired) electrons. The quantitative estimate of drug-likeness (QED) is 0.549. The molecule has 0 spiro atoms. The molecule has 1 unspecified atom stereocenters. The molecule has 0 aromatic heterocycles. The molecule has 1 aliphatic heterocycles. The SMILES string of the molecule is CCc1cc(C=CC2=CCCC(c3ccc(OC)c(CC)c3)O2)ccc1C=O. The Labute approximate surface area is 167 Å². The molecule has 0 bridgehead atoms. The van der Waals surface area contributed by atoms with Crippen LogP contribution in [-0.4, -0.2) is 13.4 Å². The molecule has 1 heterocycles. The highest BCUT2D eigenvalue weighted by atomic mass is 16.5. The van der Waals surface area contributed by atoms with Crippen molar-refractivity contribution in [3.8, 4) is 5.75 Å². The zero-order chi connectivity index (χ0) is 19.9. The van der Waals surface area contributed by atoms with Gasteiger partial charge in [0.25, 0.3) is 0 Å². The molecular weight excluding hydrogens is 348 g/mol. The van der Waals surface area contributed by atoms with E-state index in [4.69, 9.17) is 9.47 Å². The molecule has 28 heavy (non-hydrogen) atoms. The van der Waals surface area contributed by atoms with Crippen LogP contribution in [0.4, 0.5) is 0 Å². The third-order valence-electron chi connectivity index (χ3n) is 5.22. The fraction of sp³-hybridized carbons (Fsp3) is 0.320. The second-order valence-corrected chi connectivity index (χ2v) is 6.98. The Morgan fingerprint density at radius 3 is 2.61 bits per heavy atom. The van der Waals surface area contributed by atoms with Crippen LogP contribution in [0.3, 0.4) is 0 Å². The highest BCUT2D eigenvalue weighted by Crippen LogP contribution is 2.33. The minimum absolute atomic E-state index is 0.0597. The van der Waals surface area contributed by atoms with E-state index in [0.29, 0.717) is 0 Å². The zero-order valence-electron chi connectivity index (χ0n) is 16.9. The van der Waals surface area contributed by atoms with Gasteiger partial charge in [0.2, 0.25) is 0 Å². The summed E-state index contributed by atoms with van der Waals surface area (Å²) < 4.78 is 11.7. The normalized spacial score (nSPS) is 16.5. The van der Waals surface area contributed by atoms with Gasteiger partial charge < -0.3 is 9.47 Å². The van der Waals surface area contributed by atoms with Crippen LogP contribution in [0.5, 0.6) is 5.75 Å². The molecule has 0 saturated heterocycles. The highest BCUT2D eigenvalue weighted by molar-refractivity contribution is 5.78. The molecule has 0 aliphatic carbocycles. The van der Waals surface area contributed by atoms with E-state index in [1.807, 2.05) is 30.4 Å². The molecule has 0 saturated carbocycles. The van der Waals surface area contributed by atoms with E-state index in [2.05, 4.69) is 38.1 Å². The number of aldehydes is 1. The Bertz CT molecular complexity index is 893. The molecule has 2 aromatic rings. The van der Waals surface area contributed by atoms with E-state index >= 15 is 0 Å². The van der Waals surface area contributed by atoms with Gasteiger partial charge in [-0.25, -0.2) is 0 Å². The number of carbonyl (C=O) groups excluding carboxylic acids is 1. The van der Waals surface area contributed by atoms with Gasteiger partial charge in [-0.15, -0.1) is 0 Å². The summed E-state index contributed by atoms with van der Waals surface area (Å²) in [6.07, 6.45) is 10.9. The summed E-state index contributed by atoms with van der Waals surface area (Å²) >= 11 is 0. The lowest BCUT2D eigenvalue weighted by molar-refractivity contribution is 0.105. The predicted molar refractivity (Wildman–Crippen MR) is 114 cm³/mol. The van der Waals surface area contributed by atoms with Gasteiger partial charge in [0.1, 0.15) is 23.9 Å². The Balaban J connectivity index is 1.74. The average Bonchev–Trinajstić information content (AvgIpc) is 2.77.